The summed E-state index contributed by atoms with van der Waals surface area (Å²) >= 11 is 0. The molecule has 1 N–H and O–H groups in total. The van der Waals surface area contributed by atoms with Gasteiger partial charge in [0.25, 0.3) is 0 Å². The first kappa shape index (κ1) is 15.0. The van der Waals surface area contributed by atoms with Crippen molar-refractivity contribution in [2.24, 2.45) is 11.3 Å². The number of hydrogen-bond donors (Lipinski definition) is 1. The molecule has 0 rings (SSSR count). The van der Waals surface area contributed by atoms with E-state index in [1.165, 1.54) is 19.3 Å². The highest BCUT2D eigenvalue weighted by Gasteiger charge is 2.22. The molecule has 1 heteroatoms. The van der Waals surface area contributed by atoms with Crippen LogP contribution in [0.15, 0.2) is 0 Å². The summed E-state index contributed by atoms with van der Waals surface area (Å²) in [5.41, 5.74) is 0.736. The molecule has 0 aromatic heterocycles. The Bertz CT molecular complexity index is 159. The van der Waals surface area contributed by atoms with Gasteiger partial charge in [-0.25, -0.2) is 0 Å². The fraction of sp³-hybridized carbons (Fsp3) is 1.00. The molecule has 15 heavy (non-hydrogen) atoms. The Kier molecular flexibility index (Phi) is 5.87. The van der Waals surface area contributed by atoms with Crippen LogP contribution in [-0.4, -0.2) is 12.1 Å². The van der Waals surface area contributed by atoms with Gasteiger partial charge in [0.2, 0.25) is 0 Å². The molecule has 0 spiro atoms. The topological polar surface area (TPSA) is 12.0 Å². The summed E-state index contributed by atoms with van der Waals surface area (Å²) in [6.45, 7) is 17.2. The number of nitrogens with one attached hydrogen (secondary N) is 1. The summed E-state index contributed by atoms with van der Waals surface area (Å²) in [6.07, 6.45) is 3.95. The van der Waals surface area contributed by atoms with E-state index in [-0.39, 0.29) is 5.54 Å². The quantitative estimate of drug-likeness (QED) is 0.674. The minimum Gasteiger partial charge on any atom is -0.312 e. The van der Waals surface area contributed by atoms with Crippen LogP contribution in [-0.2, 0) is 0 Å². The molecule has 1 atom stereocenters. The van der Waals surface area contributed by atoms with E-state index < -0.39 is 0 Å². The molecule has 0 aromatic carbocycles. The summed E-state index contributed by atoms with van der Waals surface area (Å²) in [7, 11) is 0. The Morgan fingerprint density at radius 1 is 1.00 bits per heavy atom. The predicted molar refractivity (Wildman–Crippen MR) is 70.2 cm³/mol. The van der Waals surface area contributed by atoms with Crippen LogP contribution in [0.25, 0.3) is 0 Å². The van der Waals surface area contributed by atoms with E-state index in [1.54, 1.807) is 0 Å². The molecule has 0 fully saturated rings. The molecule has 0 aliphatic carbocycles. The molecule has 0 bridgehead atoms. The van der Waals surface area contributed by atoms with Crippen molar-refractivity contribution in [1.29, 1.82) is 0 Å². The van der Waals surface area contributed by atoms with Gasteiger partial charge in [-0.2, -0.15) is 0 Å². The fourth-order valence-electron chi connectivity index (χ4n) is 2.06. The Morgan fingerprint density at radius 3 is 1.87 bits per heavy atom. The lowest BCUT2D eigenvalue weighted by atomic mass is 9.76. The summed E-state index contributed by atoms with van der Waals surface area (Å²) in [5, 5.41) is 3.55. The van der Waals surface area contributed by atoms with E-state index in [0.29, 0.717) is 5.41 Å². The van der Waals surface area contributed by atoms with Crippen LogP contribution in [0.1, 0.15) is 67.7 Å². The first-order valence-corrected chi connectivity index (χ1v) is 6.42. The van der Waals surface area contributed by atoms with E-state index in [1.807, 2.05) is 0 Å². The van der Waals surface area contributed by atoms with Crippen LogP contribution in [0.2, 0.25) is 0 Å². The van der Waals surface area contributed by atoms with Crippen LogP contribution >= 0.6 is 0 Å². The molecule has 0 aliphatic rings. The second kappa shape index (κ2) is 5.89. The third kappa shape index (κ3) is 7.84. The Morgan fingerprint density at radius 2 is 1.53 bits per heavy atom. The minimum atomic E-state index is 0.267. The normalized spacial score (nSPS) is 15.4. The number of rotatable bonds is 5. The van der Waals surface area contributed by atoms with Gasteiger partial charge >= 0.3 is 0 Å². The highest BCUT2D eigenvalue weighted by atomic mass is 14.9. The molecular weight excluding hydrogens is 182 g/mol. The molecule has 0 saturated carbocycles. The summed E-state index contributed by atoms with van der Waals surface area (Å²) < 4.78 is 0. The highest BCUT2D eigenvalue weighted by Crippen LogP contribution is 2.31. The Hall–Kier alpha value is -0.0400. The maximum absolute atomic E-state index is 3.55. The molecule has 0 aliphatic heterocycles. The van der Waals surface area contributed by atoms with Crippen molar-refractivity contribution in [3.63, 3.8) is 0 Å². The van der Waals surface area contributed by atoms with Crippen LogP contribution in [0.5, 0.6) is 0 Å². The average Bonchev–Trinajstić information content (AvgIpc) is 1.99. The Balaban J connectivity index is 3.75. The van der Waals surface area contributed by atoms with Crippen molar-refractivity contribution in [1.82, 2.24) is 5.32 Å². The third-order valence-electron chi connectivity index (χ3n) is 3.10. The zero-order chi connectivity index (χ0) is 12.1. The molecule has 0 amide bonds. The van der Waals surface area contributed by atoms with Gasteiger partial charge in [0.1, 0.15) is 0 Å². The zero-order valence-corrected chi connectivity index (χ0v) is 11.9. The van der Waals surface area contributed by atoms with Crippen LogP contribution in [0.4, 0.5) is 0 Å². The third-order valence-corrected chi connectivity index (χ3v) is 3.10. The molecule has 0 saturated heterocycles. The second-order valence-corrected chi connectivity index (χ2v) is 6.79. The van der Waals surface area contributed by atoms with Crippen molar-refractivity contribution < 1.29 is 0 Å². The largest absolute Gasteiger partial charge is 0.312 e. The van der Waals surface area contributed by atoms with Crippen LogP contribution < -0.4 is 5.32 Å². The molecule has 0 aromatic rings. The van der Waals surface area contributed by atoms with E-state index >= 15 is 0 Å². The first-order valence-electron chi connectivity index (χ1n) is 6.42. The molecule has 0 heterocycles. The molecule has 92 valence electrons. The standard InChI is InChI=1S/C14H31N/c1-8-12(13(2,3)4)10-9-11-15-14(5,6)7/h12,15H,8-11H2,1-7H3. The van der Waals surface area contributed by atoms with E-state index in [4.69, 9.17) is 0 Å². The van der Waals surface area contributed by atoms with Gasteiger partial charge in [0, 0.05) is 5.54 Å². The SMILES string of the molecule is CCC(CCCNC(C)(C)C)C(C)(C)C. The van der Waals surface area contributed by atoms with Crippen molar-refractivity contribution in [2.45, 2.75) is 73.3 Å². The van der Waals surface area contributed by atoms with Gasteiger partial charge in [0.05, 0.1) is 0 Å². The molecule has 1 unspecified atom stereocenters. The number of hydrogen-bond acceptors (Lipinski definition) is 1. The van der Waals surface area contributed by atoms with Crippen molar-refractivity contribution in [3.05, 3.63) is 0 Å². The van der Waals surface area contributed by atoms with Crippen molar-refractivity contribution in [3.8, 4) is 0 Å². The van der Waals surface area contributed by atoms with Gasteiger partial charge in [-0.3, -0.25) is 0 Å². The van der Waals surface area contributed by atoms with Gasteiger partial charge < -0.3 is 5.32 Å². The zero-order valence-electron chi connectivity index (χ0n) is 11.9. The molecule has 0 radical (unpaired) electrons. The smallest absolute Gasteiger partial charge is 0.00965 e. The predicted octanol–water partition coefficient (Wildman–Crippen LogP) is 4.23. The lowest BCUT2D eigenvalue weighted by molar-refractivity contribution is 0.212. The van der Waals surface area contributed by atoms with Gasteiger partial charge in [-0.05, 0) is 51.5 Å². The van der Waals surface area contributed by atoms with Crippen LogP contribution in [0, 0.1) is 11.3 Å². The van der Waals surface area contributed by atoms with E-state index in [0.717, 1.165) is 12.5 Å². The van der Waals surface area contributed by atoms with Crippen molar-refractivity contribution in [2.75, 3.05) is 6.54 Å². The van der Waals surface area contributed by atoms with E-state index in [2.05, 4.69) is 53.8 Å². The van der Waals surface area contributed by atoms with E-state index in [9.17, 15) is 0 Å². The summed E-state index contributed by atoms with van der Waals surface area (Å²) in [5.74, 6) is 0.860. The monoisotopic (exact) mass is 213 g/mol. The molecule has 1 nitrogen and oxygen atoms in total. The summed E-state index contributed by atoms with van der Waals surface area (Å²) in [6, 6.07) is 0. The maximum atomic E-state index is 3.55. The molecular formula is C14H31N. The maximum Gasteiger partial charge on any atom is 0.00965 e. The van der Waals surface area contributed by atoms with Gasteiger partial charge in [0.15, 0.2) is 0 Å². The van der Waals surface area contributed by atoms with Gasteiger partial charge in [-0.15, -0.1) is 0 Å². The average molecular weight is 213 g/mol. The second-order valence-electron chi connectivity index (χ2n) is 6.79. The van der Waals surface area contributed by atoms with Crippen molar-refractivity contribution >= 4 is 0 Å². The Labute approximate surface area is 97.0 Å². The lowest BCUT2D eigenvalue weighted by Gasteiger charge is -2.30. The minimum absolute atomic E-state index is 0.267. The highest BCUT2D eigenvalue weighted by molar-refractivity contribution is 4.74. The first-order chi connectivity index (χ1) is 6.67. The van der Waals surface area contributed by atoms with Crippen LogP contribution in [0.3, 0.4) is 0 Å². The van der Waals surface area contributed by atoms with Gasteiger partial charge in [-0.1, -0.05) is 34.1 Å². The summed E-state index contributed by atoms with van der Waals surface area (Å²) in [4.78, 5) is 0. The lowest BCUT2D eigenvalue weighted by Crippen LogP contribution is -2.36. The fourth-order valence-corrected chi connectivity index (χ4v) is 2.06.